The van der Waals surface area contributed by atoms with Gasteiger partial charge in [0.25, 0.3) is 0 Å². The number of thiazole rings is 1. The summed E-state index contributed by atoms with van der Waals surface area (Å²) in [6.45, 7) is 5.37. The van der Waals surface area contributed by atoms with Crippen LogP contribution in [-0.2, 0) is 16.1 Å². The average Bonchev–Trinajstić information content (AvgIpc) is 3.32. The maximum atomic E-state index is 12.7. The van der Waals surface area contributed by atoms with Crippen molar-refractivity contribution in [2.24, 2.45) is 5.92 Å². The number of benzene rings is 1. The van der Waals surface area contributed by atoms with Crippen molar-refractivity contribution in [3.05, 3.63) is 40.7 Å². The molecule has 28 heavy (non-hydrogen) atoms. The Labute approximate surface area is 169 Å². The van der Waals surface area contributed by atoms with E-state index in [4.69, 9.17) is 4.98 Å². The van der Waals surface area contributed by atoms with Crippen LogP contribution < -0.4 is 10.6 Å². The Bertz CT molecular complexity index is 851. The van der Waals surface area contributed by atoms with Gasteiger partial charge in [-0.05, 0) is 18.8 Å². The summed E-state index contributed by atoms with van der Waals surface area (Å²) < 4.78 is 0. The Hall–Kier alpha value is -2.25. The second-order valence-corrected chi connectivity index (χ2v) is 8.95. The van der Waals surface area contributed by atoms with E-state index < -0.39 is 0 Å². The molecule has 4 rings (SSSR count). The third-order valence-electron chi connectivity index (χ3n) is 5.37. The molecule has 0 saturated carbocycles. The van der Waals surface area contributed by atoms with Crippen molar-refractivity contribution < 1.29 is 9.59 Å². The Kier molecular flexibility index (Phi) is 5.46. The SMILES string of the molecule is CC(C)C[C@@H]1NC(=O)[C@@H]2C[C@H](NCc3nc(-c4ccccc4)cs3)CN2C1=O. The van der Waals surface area contributed by atoms with Gasteiger partial charge < -0.3 is 15.5 Å². The number of rotatable bonds is 6. The van der Waals surface area contributed by atoms with Crippen molar-refractivity contribution in [2.75, 3.05) is 6.54 Å². The third-order valence-corrected chi connectivity index (χ3v) is 6.22. The lowest BCUT2D eigenvalue weighted by Gasteiger charge is -2.35. The number of hydrogen-bond donors (Lipinski definition) is 2. The molecule has 2 fully saturated rings. The summed E-state index contributed by atoms with van der Waals surface area (Å²) in [5.41, 5.74) is 2.10. The van der Waals surface area contributed by atoms with Crippen molar-refractivity contribution >= 4 is 23.2 Å². The van der Waals surface area contributed by atoms with E-state index in [2.05, 4.69) is 42.0 Å². The summed E-state index contributed by atoms with van der Waals surface area (Å²) in [5.74, 6) is 0.407. The van der Waals surface area contributed by atoms with Crippen LogP contribution in [0.1, 0.15) is 31.7 Å². The van der Waals surface area contributed by atoms with E-state index in [-0.39, 0.29) is 29.9 Å². The van der Waals surface area contributed by atoms with Gasteiger partial charge >= 0.3 is 0 Å². The molecule has 2 aliphatic rings. The van der Waals surface area contributed by atoms with E-state index in [1.54, 1.807) is 16.2 Å². The first-order valence-corrected chi connectivity index (χ1v) is 10.7. The average molecular weight is 399 g/mol. The third kappa shape index (κ3) is 3.95. The van der Waals surface area contributed by atoms with Gasteiger partial charge in [0.15, 0.2) is 0 Å². The number of fused-ring (bicyclic) bond motifs is 1. The molecule has 0 spiro atoms. The van der Waals surface area contributed by atoms with Gasteiger partial charge in [-0.25, -0.2) is 4.98 Å². The van der Waals surface area contributed by atoms with Crippen molar-refractivity contribution in [3.8, 4) is 11.3 Å². The number of nitrogens with zero attached hydrogens (tertiary/aromatic N) is 2. The number of hydrogen-bond acceptors (Lipinski definition) is 5. The molecular weight excluding hydrogens is 372 g/mol. The lowest BCUT2D eigenvalue weighted by Crippen LogP contribution is -2.61. The van der Waals surface area contributed by atoms with Crippen molar-refractivity contribution in [3.63, 3.8) is 0 Å². The monoisotopic (exact) mass is 398 g/mol. The molecule has 2 aromatic rings. The first kappa shape index (κ1) is 19.1. The first-order valence-electron chi connectivity index (χ1n) is 9.85. The van der Waals surface area contributed by atoms with E-state index >= 15 is 0 Å². The highest BCUT2D eigenvalue weighted by Gasteiger charge is 2.46. The molecule has 2 N–H and O–H groups in total. The number of piperazine rings is 1. The molecule has 1 aromatic heterocycles. The molecule has 0 bridgehead atoms. The van der Waals surface area contributed by atoms with Gasteiger partial charge in [0, 0.05) is 30.1 Å². The van der Waals surface area contributed by atoms with Crippen LogP contribution in [-0.4, -0.2) is 46.4 Å². The number of aromatic nitrogens is 1. The molecule has 3 heterocycles. The number of nitrogens with one attached hydrogen (secondary N) is 2. The van der Waals surface area contributed by atoms with Crippen LogP contribution in [0.5, 0.6) is 0 Å². The van der Waals surface area contributed by atoms with Gasteiger partial charge in [-0.2, -0.15) is 0 Å². The van der Waals surface area contributed by atoms with Crippen LogP contribution in [0.2, 0.25) is 0 Å². The Morgan fingerprint density at radius 3 is 2.82 bits per heavy atom. The predicted molar refractivity (Wildman–Crippen MR) is 110 cm³/mol. The lowest BCUT2D eigenvalue weighted by molar-refractivity contribution is -0.147. The minimum atomic E-state index is -0.380. The maximum absolute atomic E-state index is 12.7. The molecule has 1 aromatic carbocycles. The number of carbonyl (C=O) groups is 2. The second-order valence-electron chi connectivity index (χ2n) is 8.00. The van der Waals surface area contributed by atoms with Gasteiger partial charge in [0.05, 0.1) is 5.69 Å². The van der Waals surface area contributed by atoms with Gasteiger partial charge in [0.2, 0.25) is 11.8 Å². The number of carbonyl (C=O) groups excluding carboxylic acids is 2. The fourth-order valence-corrected chi connectivity index (χ4v) is 4.76. The van der Waals surface area contributed by atoms with E-state index in [1.807, 2.05) is 18.2 Å². The van der Waals surface area contributed by atoms with E-state index in [9.17, 15) is 9.59 Å². The largest absolute Gasteiger partial charge is 0.342 e. The molecule has 148 valence electrons. The van der Waals surface area contributed by atoms with Crippen molar-refractivity contribution in [1.29, 1.82) is 0 Å². The standard InChI is InChI=1S/C21H26N4O2S/c1-13(2)8-16-21(27)25-11-15(9-18(25)20(26)24-16)22-10-19-23-17(12-28-19)14-6-4-3-5-7-14/h3-7,12-13,15-16,18,22H,8-11H2,1-2H3,(H,24,26)/t15-,16-,18-/m0/s1. The summed E-state index contributed by atoms with van der Waals surface area (Å²) in [5, 5.41) is 9.48. The zero-order valence-electron chi connectivity index (χ0n) is 16.2. The zero-order chi connectivity index (χ0) is 19.7. The molecule has 2 aliphatic heterocycles. The first-order chi connectivity index (χ1) is 13.5. The van der Waals surface area contributed by atoms with Crippen LogP contribution >= 0.6 is 11.3 Å². The van der Waals surface area contributed by atoms with Gasteiger partial charge in [0.1, 0.15) is 17.1 Å². The fourth-order valence-electron chi connectivity index (χ4n) is 4.00. The quantitative estimate of drug-likeness (QED) is 0.784. The molecule has 2 amide bonds. The van der Waals surface area contributed by atoms with Gasteiger partial charge in [-0.15, -0.1) is 11.3 Å². The minimum Gasteiger partial charge on any atom is -0.342 e. The molecule has 3 atom stereocenters. The highest BCUT2D eigenvalue weighted by Crippen LogP contribution is 2.26. The summed E-state index contributed by atoms with van der Waals surface area (Å²) in [6.07, 6.45) is 1.34. The molecule has 0 aliphatic carbocycles. The minimum absolute atomic E-state index is 0.0184. The summed E-state index contributed by atoms with van der Waals surface area (Å²) in [4.78, 5) is 31.7. The Morgan fingerprint density at radius 1 is 1.29 bits per heavy atom. The maximum Gasteiger partial charge on any atom is 0.245 e. The van der Waals surface area contributed by atoms with Crippen LogP contribution in [0.3, 0.4) is 0 Å². The lowest BCUT2D eigenvalue weighted by atomic mass is 9.99. The van der Waals surface area contributed by atoms with Crippen LogP contribution in [0.15, 0.2) is 35.7 Å². The number of amides is 2. The molecule has 7 heteroatoms. The van der Waals surface area contributed by atoms with Crippen molar-refractivity contribution in [2.45, 2.75) is 51.4 Å². The molecule has 0 unspecified atom stereocenters. The summed E-state index contributed by atoms with van der Waals surface area (Å²) >= 11 is 1.63. The van der Waals surface area contributed by atoms with Crippen LogP contribution in [0.4, 0.5) is 0 Å². The van der Waals surface area contributed by atoms with E-state index in [0.29, 0.717) is 31.8 Å². The Morgan fingerprint density at radius 2 is 2.07 bits per heavy atom. The molecule has 2 saturated heterocycles. The van der Waals surface area contributed by atoms with Crippen LogP contribution in [0, 0.1) is 5.92 Å². The summed E-state index contributed by atoms with van der Waals surface area (Å²) in [6, 6.07) is 9.52. The van der Waals surface area contributed by atoms with Crippen LogP contribution in [0.25, 0.3) is 11.3 Å². The Balaban J connectivity index is 1.36. The predicted octanol–water partition coefficient (Wildman–Crippen LogP) is 2.41. The van der Waals surface area contributed by atoms with Crippen molar-refractivity contribution in [1.82, 2.24) is 20.5 Å². The smallest absolute Gasteiger partial charge is 0.245 e. The zero-order valence-corrected chi connectivity index (χ0v) is 17.0. The highest BCUT2D eigenvalue weighted by atomic mass is 32.1. The highest BCUT2D eigenvalue weighted by molar-refractivity contribution is 7.09. The van der Waals surface area contributed by atoms with E-state index in [1.165, 1.54) is 0 Å². The molecular formula is C21H26N4O2S. The van der Waals surface area contributed by atoms with Gasteiger partial charge in [-0.1, -0.05) is 44.2 Å². The van der Waals surface area contributed by atoms with E-state index in [0.717, 1.165) is 16.3 Å². The molecule has 0 radical (unpaired) electrons. The normalized spacial score (nSPS) is 24.5. The fraction of sp³-hybridized carbons (Fsp3) is 0.476. The molecule has 6 nitrogen and oxygen atoms in total. The summed E-state index contributed by atoms with van der Waals surface area (Å²) in [7, 11) is 0. The topological polar surface area (TPSA) is 74.3 Å². The van der Waals surface area contributed by atoms with Gasteiger partial charge in [-0.3, -0.25) is 9.59 Å². The second kappa shape index (κ2) is 8.01.